The van der Waals surface area contributed by atoms with Gasteiger partial charge in [-0.1, -0.05) is 6.92 Å². The third-order valence-electron chi connectivity index (χ3n) is 3.12. The van der Waals surface area contributed by atoms with Crippen LogP contribution in [0.2, 0.25) is 0 Å². The van der Waals surface area contributed by atoms with E-state index in [1.807, 2.05) is 29.7 Å². The van der Waals surface area contributed by atoms with E-state index in [4.69, 9.17) is 0 Å². The molecular formula is C15H14FNS. The molecule has 2 heterocycles. The lowest BCUT2D eigenvalue weighted by Gasteiger charge is -2.03. The van der Waals surface area contributed by atoms with Gasteiger partial charge in [0.05, 0.1) is 6.54 Å². The zero-order valence-corrected chi connectivity index (χ0v) is 11.0. The maximum absolute atomic E-state index is 13.1. The van der Waals surface area contributed by atoms with Crippen LogP contribution in [0.5, 0.6) is 0 Å². The van der Waals surface area contributed by atoms with Crippen LogP contribution in [0.25, 0.3) is 10.9 Å². The predicted octanol–water partition coefficient (Wildman–Crippen LogP) is 4.45. The minimum Gasteiger partial charge on any atom is -0.342 e. The Labute approximate surface area is 109 Å². The number of rotatable bonds is 3. The Morgan fingerprint density at radius 1 is 1.11 bits per heavy atom. The number of hydrogen-bond donors (Lipinski definition) is 0. The minimum atomic E-state index is -0.176. The molecule has 3 heteroatoms. The van der Waals surface area contributed by atoms with Crippen LogP contribution in [-0.2, 0) is 13.0 Å². The first-order chi connectivity index (χ1) is 8.76. The number of aryl methyl sites for hydroxylation is 1. The van der Waals surface area contributed by atoms with Crippen molar-refractivity contribution in [1.29, 1.82) is 0 Å². The van der Waals surface area contributed by atoms with Crippen molar-refractivity contribution in [3.8, 4) is 0 Å². The van der Waals surface area contributed by atoms with Crippen molar-refractivity contribution in [2.45, 2.75) is 19.9 Å². The summed E-state index contributed by atoms with van der Waals surface area (Å²) in [5.41, 5.74) is 1.09. The Morgan fingerprint density at radius 2 is 1.94 bits per heavy atom. The van der Waals surface area contributed by atoms with Crippen LogP contribution < -0.4 is 0 Å². The molecule has 0 unspecified atom stereocenters. The molecule has 0 aliphatic heterocycles. The summed E-state index contributed by atoms with van der Waals surface area (Å²) >= 11 is 1.85. The van der Waals surface area contributed by atoms with Crippen LogP contribution in [0.1, 0.15) is 16.7 Å². The summed E-state index contributed by atoms with van der Waals surface area (Å²) in [7, 11) is 0. The van der Waals surface area contributed by atoms with E-state index in [1.165, 1.54) is 15.8 Å². The van der Waals surface area contributed by atoms with Gasteiger partial charge in [-0.3, -0.25) is 0 Å². The molecule has 0 fully saturated rings. The third kappa shape index (κ3) is 2.06. The van der Waals surface area contributed by atoms with Gasteiger partial charge in [-0.2, -0.15) is 0 Å². The molecule has 18 heavy (non-hydrogen) atoms. The van der Waals surface area contributed by atoms with Gasteiger partial charge in [-0.15, -0.1) is 11.3 Å². The molecule has 2 aromatic heterocycles. The first-order valence-electron chi connectivity index (χ1n) is 6.08. The zero-order valence-electron chi connectivity index (χ0n) is 10.2. The molecule has 0 saturated heterocycles. The van der Waals surface area contributed by atoms with Crippen molar-refractivity contribution in [3.05, 3.63) is 58.2 Å². The number of aromatic nitrogens is 1. The molecule has 1 aromatic carbocycles. The number of nitrogens with zero attached hydrogens (tertiary/aromatic N) is 1. The van der Waals surface area contributed by atoms with Gasteiger partial charge >= 0.3 is 0 Å². The Balaban J connectivity index is 1.95. The van der Waals surface area contributed by atoms with Crippen LogP contribution in [-0.4, -0.2) is 4.57 Å². The van der Waals surface area contributed by atoms with E-state index in [1.54, 1.807) is 6.07 Å². The summed E-state index contributed by atoms with van der Waals surface area (Å²) in [6.45, 7) is 3.03. The zero-order chi connectivity index (χ0) is 12.5. The van der Waals surface area contributed by atoms with Gasteiger partial charge in [0.2, 0.25) is 0 Å². The Kier molecular flexibility index (Phi) is 2.92. The number of benzene rings is 1. The average molecular weight is 259 g/mol. The molecule has 1 nitrogen and oxygen atoms in total. The first-order valence-corrected chi connectivity index (χ1v) is 6.90. The molecule has 0 atom stereocenters. The average Bonchev–Trinajstić information content (AvgIpc) is 2.97. The molecule has 0 aliphatic carbocycles. The number of thiophene rings is 1. The van der Waals surface area contributed by atoms with Gasteiger partial charge in [-0.05, 0) is 42.8 Å². The lowest BCUT2D eigenvalue weighted by Crippen LogP contribution is -1.95. The minimum absolute atomic E-state index is 0.176. The summed E-state index contributed by atoms with van der Waals surface area (Å²) in [5.74, 6) is -0.176. The fraction of sp³-hybridized carbons (Fsp3) is 0.200. The topological polar surface area (TPSA) is 4.93 Å². The molecule has 0 bridgehead atoms. The summed E-state index contributed by atoms with van der Waals surface area (Å²) in [5, 5.41) is 0.960. The molecule has 0 radical (unpaired) electrons. The van der Waals surface area contributed by atoms with Crippen molar-refractivity contribution in [3.63, 3.8) is 0 Å². The highest BCUT2D eigenvalue weighted by Crippen LogP contribution is 2.22. The van der Waals surface area contributed by atoms with Crippen LogP contribution in [0.3, 0.4) is 0 Å². The van der Waals surface area contributed by atoms with Crippen LogP contribution in [0.4, 0.5) is 4.39 Å². The monoisotopic (exact) mass is 259 g/mol. The molecule has 3 rings (SSSR count). The van der Waals surface area contributed by atoms with Crippen LogP contribution in [0.15, 0.2) is 42.6 Å². The van der Waals surface area contributed by atoms with Gasteiger partial charge in [0.25, 0.3) is 0 Å². The van der Waals surface area contributed by atoms with Gasteiger partial charge in [0, 0.05) is 26.9 Å². The fourth-order valence-corrected chi connectivity index (χ4v) is 3.13. The smallest absolute Gasteiger partial charge is 0.123 e. The van der Waals surface area contributed by atoms with Crippen molar-refractivity contribution < 1.29 is 4.39 Å². The lowest BCUT2D eigenvalue weighted by molar-refractivity contribution is 0.629. The normalized spacial score (nSPS) is 11.2. The maximum Gasteiger partial charge on any atom is 0.123 e. The van der Waals surface area contributed by atoms with E-state index in [2.05, 4.69) is 23.6 Å². The Morgan fingerprint density at radius 3 is 2.72 bits per heavy atom. The summed E-state index contributed by atoms with van der Waals surface area (Å²) in [4.78, 5) is 2.75. The number of halogens is 1. The third-order valence-corrected chi connectivity index (χ3v) is 4.34. The second-order valence-electron chi connectivity index (χ2n) is 4.37. The summed E-state index contributed by atoms with van der Waals surface area (Å²) in [6.07, 6.45) is 3.11. The van der Waals surface area contributed by atoms with E-state index in [0.29, 0.717) is 0 Å². The van der Waals surface area contributed by atoms with Gasteiger partial charge in [0.1, 0.15) is 5.82 Å². The van der Waals surface area contributed by atoms with Gasteiger partial charge in [0.15, 0.2) is 0 Å². The predicted molar refractivity (Wildman–Crippen MR) is 74.7 cm³/mol. The van der Waals surface area contributed by atoms with E-state index >= 15 is 0 Å². The standard InChI is InChI=1S/C15H14FNS/c1-2-13-4-5-14(18-13)10-17-8-7-11-9-12(16)3-6-15(11)17/h3-9H,2,10H2,1H3. The van der Waals surface area contributed by atoms with E-state index < -0.39 is 0 Å². The molecule has 0 N–H and O–H groups in total. The highest BCUT2D eigenvalue weighted by atomic mass is 32.1. The largest absolute Gasteiger partial charge is 0.342 e. The highest BCUT2D eigenvalue weighted by molar-refractivity contribution is 7.11. The Bertz CT molecular complexity index is 681. The summed E-state index contributed by atoms with van der Waals surface area (Å²) in [6, 6.07) is 11.3. The van der Waals surface area contributed by atoms with Crippen molar-refractivity contribution >= 4 is 22.2 Å². The van der Waals surface area contributed by atoms with Gasteiger partial charge < -0.3 is 4.57 Å². The Hall–Kier alpha value is -1.61. The van der Waals surface area contributed by atoms with Crippen molar-refractivity contribution in [2.24, 2.45) is 0 Å². The maximum atomic E-state index is 13.1. The van der Waals surface area contributed by atoms with Gasteiger partial charge in [-0.25, -0.2) is 4.39 Å². The fourth-order valence-electron chi connectivity index (χ4n) is 2.17. The van der Waals surface area contributed by atoms with Crippen molar-refractivity contribution in [1.82, 2.24) is 4.57 Å². The summed E-state index contributed by atoms with van der Waals surface area (Å²) < 4.78 is 15.3. The first kappa shape index (κ1) is 11.5. The van der Waals surface area contributed by atoms with E-state index in [0.717, 1.165) is 23.9 Å². The van der Waals surface area contributed by atoms with E-state index in [-0.39, 0.29) is 5.82 Å². The number of hydrogen-bond acceptors (Lipinski definition) is 1. The highest BCUT2D eigenvalue weighted by Gasteiger charge is 2.04. The van der Waals surface area contributed by atoms with Crippen LogP contribution in [0, 0.1) is 5.82 Å². The quantitative estimate of drug-likeness (QED) is 0.654. The second-order valence-corrected chi connectivity index (χ2v) is 5.62. The second kappa shape index (κ2) is 4.58. The van der Waals surface area contributed by atoms with Crippen LogP contribution >= 0.6 is 11.3 Å². The SMILES string of the molecule is CCc1ccc(Cn2ccc3cc(F)ccc32)s1. The van der Waals surface area contributed by atoms with E-state index in [9.17, 15) is 4.39 Å². The molecule has 0 saturated carbocycles. The lowest BCUT2D eigenvalue weighted by atomic mass is 10.2. The number of fused-ring (bicyclic) bond motifs is 1. The molecule has 0 amide bonds. The molecule has 0 aliphatic rings. The van der Waals surface area contributed by atoms with Crippen molar-refractivity contribution in [2.75, 3.05) is 0 Å². The molecule has 92 valence electrons. The molecular weight excluding hydrogens is 245 g/mol. The molecule has 3 aromatic rings. The molecule has 0 spiro atoms.